The predicted octanol–water partition coefficient (Wildman–Crippen LogP) is 1.77. The summed E-state index contributed by atoms with van der Waals surface area (Å²) in [5, 5.41) is 6.52. The maximum Gasteiger partial charge on any atom is 0.234 e. The molecular weight excluding hydrogens is 248 g/mol. The fraction of sp³-hybridized carbons (Fsp3) is 0.556. The Bertz CT molecular complexity index is 312. The molecule has 1 amide bonds. The van der Waals surface area contributed by atoms with Crippen LogP contribution < -0.4 is 5.32 Å². The summed E-state index contributed by atoms with van der Waals surface area (Å²) in [5.74, 6) is 0.730. The van der Waals surface area contributed by atoms with Crippen molar-refractivity contribution in [3.63, 3.8) is 0 Å². The average Bonchev–Trinajstić information content (AvgIpc) is 2.59. The lowest BCUT2D eigenvalue weighted by Crippen LogP contribution is -2.30. The molecule has 1 heterocycles. The zero-order valence-corrected chi connectivity index (χ0v) is 9.80. The summed E-state index contributed by atoms with van der Waals surface area (Å²) in [4.78, 5) is 11.2. The van der Waals surface area contributed by atoms with Crippen LogP contribution in [-0.2, 0) is 11.3 Å². The van der Waals surface area contributed by atoms with Gasteiger partial charge in [-0.05, 0) is 13.3 Å². The fourth-order valence-corrected chi connectivity index (χ4v) is 1.14. The minimum atomic E-state index is -0.129. The van der Waals surface area contributed by atoms with Crippen LogP contribution in [0.15, 0.2) is 10.6 Å². The van der Waals surface area contributed by atoms with E-state index >= 15 is 0 Å². The van der Waals surface area contributed by atoms with Crippen molar-refractivity contribution in [3.8, 4) is 0 Å². The van der Waals surface area contributed by atoms with E-state index in [4.69, 9.17) is 4.52 Å². The van der Waals surface area contributed by atoms with E-state index in [2.05, 4.69) is 26.4 Å². The second-order valence-corrected chi connectivity index (χ2v) is 4.13. The van der Waals surface area contributed by atoms with Crippen molar-refractivity contribution < 1.29 is 9.32 Å². The largest absolute Gasteiger partial charge is 0.361 e. The van der Waals surface area contributed by atoms with E-state index in [1.807, 2.05) is 13.8 Å². The van der Waals surface area contributed by atoms with Gasteiger partial charge in [0.25, 0.3) is 0 Å². The summed E-state index contributed by atoms with van der Waals surface area (Å²) >= 11 is 3.27. The molecule has 1 rings (SSSR count). The topological polar surface area (TPSA) is 55.1 Å². The molecule has 14 heavy (non-hydrogen) atoms. The number of carbonyl (C=O) groups is 1. The molecule has 0 saturated heterocycles. The Morgan fingerprint density at radius 2 is 2.50 bits per heavy atom. The van der Waals surface area contributed by atoms with Crippen molar-refractivity contribution in [2.24, 2.45) is 0 Å². The summed E-state index contributed by atoms with van der Waals surface area (Å²) < 4.78 is 4.87. The first-order chi connectivity index (χ1) is 6.63. The van der Waals surface area contributed by atoms with Crippen molar-refractivity contribution >= 4 is 21.8 Å². The van der Waals surface area contributed by atoms with Gasteiger partial charge in [-0.1, -0.05) is 28.0 Å². The standard InChI is InChI=1S/C9H13BrN2O2/c1-3-8(10)9(13)11-5-7-4-6(2)14-12-7/h4,8H,3,5H2,1-2H3,(H,11,13). The molecule has 0 spiro atoms. The maximum atomic E-state index is 11.3. The number of nitrogens with zero attached hydrogens (tertiary/aromatic N) is 1. The van der Waals surface area contributed by atoms with Gasteiger partial charge in [-0.25, -0.2) is 0 Å². The number of aryl methyl sites for hydroxylation is 1. The molecule has 0 radical (unpaired) electrons. The number of halogens is 1. The molecular formula is C9H13BrN2O2. The molecule has 4 nitrogen and oxygen atoms in total. The van der Waals surface area contributed by atoms with Gasteiger partial charge < -0.3 is 9.84 Å². The van der Waals surface area contributed by atoms with Crippen LogP contribution in [-0.4, -0.2) is 15.9 Å². The van der Waals surface area contributed by atoms with Gasteiger partial charge in [0, 0.05) is 6.07 Å². The number of nitrogens with one attached hydrogen (secondary N) is 1. The summed E-state index contributed by atoms with van der Waals surface area (Å²) in [6.07, 6.45) is 0.768. The number of carbonyl (C=O) groups excluding carboxylic acids is 1. The van der Waals surface area contributed by atoms with E-state index in [9.17, 15) is 4.79 Å². The molecule has 0 aliphatic heterocycles. The van der Waals surface area contributed by atoms with Crippen molar-refractivity contribution in [1.82, 2.24) is 10.5 Å². The van der Waals surface area contributed by atoms with Gasteiger partial charge in [0.2, 0.25) is 5.91 Å². The van der Waals surface area contributed by atoms with Gasteiger partial charge in [-0.3, -0.25) is 4.79 Å². The zero-order valence-electron chi connectivity index (χ0n) is 8.21. The number of hydrogen-bond acceptors (Lipinski definition) is 3. The number of rotatable bonds is 4. The normalized spacial score (nSPS) is 12.5. The van der Waals surface area contributed by atoms with Crippen LogP contribution in [0.3, 0.4) is 0 Å². The number of hydrogen-bond donors (Lipinski definition) is 1. The lowest BCUT2D eigenvalue weighted by atomic mass is 10.3. The fourth-order valence-electron chi connectivity index (χ4n) is 0.975. The third kappa shape index (κ3) is 3.14. The third-order valence-corrected chi connectivity index (χ3v) is 2.83. The van der Waals surface area contributed by atoms with Gasteiger partial charge in [0.05, 0.1) is 11.4 Å². The molecule has 1 atom stereocenters. The molecule has 0 aliphatic rings. The quantitative estimate of drug-likeness (QED) is 0.840. The lowest BCUT2D eigenvalue weighted by molar-refractivity contribution is -0.120. The number of amides is 1. The first-order valence-electron chi connectivity index (χ1n) is 4.47. The van der Waals surface area contributed by atoms with Crippen molar-refractivity contribution in [2.45, 2.75) is 31.6 Å². The molecule has 1 aromatic rings. The van der Waals surface area contributed by atoms with Crippen molar-refractivity contribution in [3.05, 3.63) is 17.5 Å². The van der Waals surface area contributed by atoms with Gasteiger partial charge in [0.1, 0.15) is 11.5 Å². The molecule has 0 aromatic carbocycles. The Labute approximate surface area is 91.2 Å². The summed E-state index contributed by atoms with van der Waals surface area (Å²) in [6, 6.07) is 1.80. The second-order valence-electron chi connectivity index (χ2n) is 3.02. The molecule has 0 fully saturated rings. The average molecular weight is 261 g/mol. The van der Waals surface area contributed by atoms with Gasteiger partial charge in [-0.2, -0.15) is 0 Å². The highest BCUT2D eigenvalue weighted by Crippen LogP contribution is 2.05. The van der Waals surface area contributed by atoms with Gasteiger partial charge in [-0.15, -0.1) is 0 Å². The summed E-state index contributed by atoms with van der Waals surface area (Å²) in [7, 11) is 0. The molecule has 1 unspecified atom stereocenters. The molecule has 5 heteroatoms. The Morgan fingerprint density at radius 3 is 3.00 bits per heavy atom. The molecule has 0 saturated carbocycles. The van der Waals surface area contributed by atoms with E-state index in [1.165, 1.54) is 0 Å². The number of alkyl halides is 1. The zero-order chi connectivity index (χ0) is 10.6. The Morgan fingerprint density at radius 1 is 1.79 bits per heavy atom. The molecule has 1 aromatic heterocycles. The first kappa shape index (κ1) is 11.2. The van der Waals surface area contributed by atoms with E-state index in [0.717, 1.165) is 17.9 Å². The van der Waals surface area contributed by atoms with Crippen molar-refractivity contribution in [1.29, 1.82) is 0 Å². The molecule has 0 aliphatic carbocycles. The minimum Gasteiger partial charge on any atom is -0.361 e. The second kappa shape index (κ2) is 5.14. The highest BCUT2D eigenvalue weighted by atomic mass is 79.9. The molecule has 78 valence electrons. The SMILES string of the molecule is CCC(Br)C(=O)NCc1cc(C)on1. The Kier molecular flexibility index (Phi) is 4.13. The summed E-state index contributed by atoms with van der Waals surface area (Å²) in [6.45, 7) is 4.18. The smallest absolute Gasteiger partial charge is 0.234 e. The highest BCUT2D eigenvalue weighted by Gasteiger charge is 2.12. The van der Waals surface area contributed by atoms with E-state index in [0.29, 0.717) is 6.54 Å². The van der Waals surface area contributed by atoms with Crippen LogP contribution in [0.5, 0.6) is 0 Å². The lowest BCUT2D eigenvalue weighted by Gasteiger charge is -2.06. The molecule has 0 bridgehead atoms. The Hall–Kier alpha value is -0.840. The van der Waals surface area contributed by atoms with E-state index in [-0.39, 0.29) is 10.7 Å². The van der Waals surface area contributed by atoms with Crippen LogP contribution >= 0.6 is 15.9 Å². The number of aromatic nitrogens is 1. The first-order valence-corrected chi connectivity index (χ1v) is 5.39. The minimum absolute atomic E-state index is 0.0202. The summed E-state index contributed by atoms with van der Waals surface area (Å²) in [5.41, 5.74) is 0.742. The Balaban J connectivity index is 2.37. The van der Waals surface area contributed by atoms with Gasteiger partial charge in [0.15, 0.2) is 0 Å². The van der Waals surface area contributed by atoms with Crippen molar-refractivity contribution in [2.75, 3.05) is 0 Å². The predicted molar refractivity (Wildman–Crippen MR) is 56.1 cm³/mol. The highest BCUT2D eigenvalue weighted by molar-refractivity contribution is 9.10. The maximum absolute atomic E-state index is 11.3. The monoisotopic (exact) mass is 260 g/mol. The van der Waals surface area contributed by atoms with Gasteiger partial charge >= 0.3 is 0 Å². The van der Waals surface area contributed by atoms with Crippen LogP contribution in [0.1, 0.15) is 24.8 Å². The van der Waals surface area contributed by atoms with Crippen LogP contribution in [0.2, 0.25) is 0 Å². The van der Waals surface area contributed by atoms with E-state index < -0.39 is 0 Å². The van der Waals surface area contributed by atoms with Crippen LogP contribution in [0, 0.1) is 6.92 Å². The van der Waals surface area contributed by atoms with E-state index in [1.54, 1.807) is 6.07 Å². The third-order valence-electron chi connectivity index (χ3n) is 1.76. The molecule has 1 N–H and O–H groups in total. The van der Waals surface area contributed by atoms with Crippen LogP contribution in [0.25, 0.3) is 0 Å². The van der Waals surface area contributed by atoms with Crippen LogP contribution in [0.4, 0.5) is 0 Å².